The molecule has 28 heavy (non-hydrogen) atoms. The van der Waals surface area contributed by atoms with Gasteiger partial charge in [0.15, 0.2) is 11.6 Å². The van der Waals surface area contributed by atoms with Gasteiger partial charge < -0.3 is 15.8 Å². The molecule has 3 N–H and O–H groups in total. The van der Waals surface area contributed by atoms with E-state index < -0.39 is 5.82 Å². The van der Waals surface area contributed by atoms with Crippen LogP contribution in [0.5, 0.6) is 5.75 Å². The molecule has 0 atom stereocenters. The molecule has 0 spiro atoms. The van der Waals surface area contributed by atoms with Crippen LogP contribution in [0.3, 0.4) is 0 Å². The predicted octanol–water partition coefficient (Wildman–Crippen LogP) is 4.65. The molecule has 2 aromatic heterocycles. The molecule has 0 radical (unpaired) electrons. The minimum absolute atomic E-state index is 0.325. The summed E-state index contributed by atoms with van der Waals surface area (Å²) in [6.45, 7) is 3.04. The van der Waals surface area contributed by atoms with Gasteiger partial charge in [0.05, 0.1) is 12.2 Å². The van der Waals surface area contributed by atoms with Gasteiger partial charge in [0.2, 0.25) is 0 Å². The van der Waals surface area contributed by atoms with Crippen molar-refractivity contribution in [3.05, 3.63) is 64.8 Å². The molecule has 0 amide bonds. The van der Waals surface area contributed by atoms with Crippen LogP contribution in [-0.2, 0) is 0 Å². The van der Waals surface area contributed by atoms with Crippen molar-refractivity contribution in [2.75, 3.05) is 18.5 Å². The van der Waals surface area contributed by atoms with E-state index in [1.165, 1.54) is 18.3 Å². The van der Waals surface area contributed by atoms with Crippen LogP contribution in [0.1, 0.15) is 11.3 Å². The van der Waals surface area contributed by atoms with Gasteiger partial charge in [0.25, 0.3) is 0 Å². The number of hydrogen-bond donors (Lipinski definition) is 2. The molecule has 5 nitrogen and oxygen atoms in total. The SMILES string of the molecule is Cc1ncc(-c2cc(-c3cc(Cl)ccc3F)nc3c2OCCN3)cc1/C=C\N. The average molecular weight is 397 g/mol. The second kappa shape index (κ2) is 7.48. The highest BCUT2D eigenvalue weighted by Crippen LogP contribution is 2.40. The van der Waals surface area contributed by atoms with E-state index in [9.17, 15) is 4.39 Å². The Bertz CT molecular complexity index is 1080. The van der Waals surface area contributed by atoms with Gasteiger partial charge in [0.1, 0.15) is 12.4 Å². The molecule has 4 rings (SSSR count). The second-order valence-corrected chi connectivity index (χ2v) is 6.83. The summed E-state index contributed by atoms with van der Waals surface area (Å²) in [6, 6.07) is 8.17. The van der Waals surface area contributed by atoms with Crippen LogP contribution in [0.2, 0.25) is 5.02 Å². The monoisotopic (exact) mass is 396 g/mol. The number of halogens is 2. The lowest BCUT2D eigenvalue weighted by Crippen LogP contribution is -2.20. The number of benzene rings is 1. The highest BCUT2D eigenvalue weighted by Gasteiger charge is 2.21. The Labute approximate surface area is 167 Å². The Balaban J connectivity index is 1.94. The Hall–Kier alpha value is -3.12. The van der Waals surface area contributed by atoms with Crippen molar-refractivity contribution < 1.29 is 9.13 Å². The van der Waals surface area contributed by atoms with E-state index in [1.807, 2.05) is 13.0 Å². The van der Waals surface area contributed by atoms with Crippen molar-refractivity contribution in [3.8, 4) is 28.1 Å². The number of hydrogen-bond acceptors (Lipinski definition) is 5. The molecule has 0 saturated heterocycles. The molecule has 1 aromatic carbocycles. The standard InChI is InChI=1S/C21H18ClFN4O/c1-12-13(4-5-24)8-14(11-26-12)16-10-19(17-9-15(22)2-3-18(17)23)27-21-20(16)28-7-6-25-21/h2-5,8-11H,6-7,24H2,1H3,(H,25,27)/b5-4-. The molecular weight excluding hydrogens is 379 g/mol. The Kier molecular flexibility index (Phi) is 4.88. The number of aromatic nitrogens is 2. The number of nitrogens with one attached hydrogen (secondary N) is 1. The molecule has 0 aliphatic carbocycles. The van der Waals surface area contributed by atoms with E-state index in [4.69, 9.17) is 22.1 Å². The van der Waals surface area contributed by atoms with Crippen molar-refractivity contribution in [1.82, 2.24) is 9.97 Å². The van der Waals surface area contributed by atoms with Crippen molar-refractivity contribution in [1.29, 1.82) is 0 Å². The molecule has 1 aliphatic heterocycles. The first kappa shape index (κ1) is 18.3. The quantitative estimate of drug-likeness (QED) is 0.674. The zero-order chi connectivity index (χ0) is 19.7. The van der Waals surface area contributed by atoms with Crippen LogP contribution in [0, 0.1) is 12.7 Å². The number of nitrogens with zero attached hydrogens (tertiary/aromatic N) is 2. The van der Waals surface area contributed by atoms with Gasteiger partial charge in [0, 0.05) is 33.6 Å². The maximum absolute atomic E-state index is 14.5. The fraction of sp³-hybridized carbons (Fsp3) is 0.143. The van der Waals surface area contributed by atoms with E-state index >= 15 is 0 Å². The Morgan fingerprint density at radius 1 is 1.25 bits per heavy atom. The number of pyridine rings is 2. The number of anilines is 1. The zero-order valence-electron chi connectivity index (χ0n) is 15.2. The third kappa shape index (κ3) is 3.39. The maximum Gasteiger partial charge on any atom is 0.170 e. The van der Waals surface area contributed by atoms with Crippen molar-refractivity contribution in [2.45, 2.75) is 6.92 Å². The molecular formula is C21H18ClFN4O. The van der Waals surface area contributed by atoms with E-state index in [0.717, 1.165) is 22.4 Å². The van der Waals surface area contributed by atoms with Crippen LogP contribution in [0.15, 0.2) is 42.7 Å². The van der Waals surface area contributed by atoms with Crippen LogP contribution < -0.4 is 15.8 Å². The van der Waals surface area contributed by atoms with E-state index in [-0.39, 0.29) is 0 Å². The van der Waals surface area contributed by atoms with Gasteiger partial charge >= 0.3 is 0 Å². The first-order valence-corrected chi connectivity index (χ1v) is 9.17. The lowest BCUT2D eigenvalue weighted by Gasteiger charge is -2.22. The number of ether oxygens (including phenoxy) is 1. The van der Waals surface area contributed by atoms with Gasteiger partial charge in [-0.1, -0.05) is 11.6 Å². The smallest absolute Gasteiger partial charge is 0.170 e. The summed E-state index contributed by atoms with van der Waals surface area (Å²) >= 11 is 6.08. The molecule has 142 valence electrons. The van der Waals surface area contributed by atoms with E-state index in [2.05, 4.69) is 15.3 Å². The minimum atomic E-state index is -0.395. The van der Waals surface area contributed by atoms with Crippen LogP contribution in [0.25, 0.3) is 28.5 Å². The van der Waals surface area contributed by atoms with Crippen molar-refractivity contribution >= 4 is 23.5 Å². The van der Waals surface area contributed by atoms with Gasteiger partial charge in [-0.3, -0.25) is 4.98 Å². The largest absolute Gasteiger partial charge is 0.487 e. The third-order valence-corrected chi connectivity index (χ3v) is 4.77. The summed E-state index contributed by atoms with van der Waals surface area (Å²) in [5.74, 6) is 0.786. The predicted molar refractivity (Wildman–Crippen MR) is 110 cm³/mol. The molecule has 0 bridgehead atoms. The maximum atomic E-state index is 14.5. The fourth-order valence-corrected chi connectivity index (χ4v) is 3.31. The summed E-state index contributed by atoms with van der Waals surface area (Å²) in [6.07, 6.45) is 5.02. The summed E-state index contributed by atoms with van der Waals surface area (Å²) in [7, 11) is 0. The summed E-state index contributed by atoms with van der Waals surface area (Å²) in [4.78, 5) is 9.02. The van der Waals surface area contributed by atoms with Crippen molar-refractivity contribution in [2.24, 2.45) is 5.73 Å². The Morgan fingerprint density at radius 3 is 2.93 bits per heavy atom. The Morgan fingerprint density at radius 2 is 2.11 bits per heavy atom. The van der Waals surface area contributed by atoms with Gasteiger partial charge in [-0.15, -0.1) is 0 Å². The summed E-state index contributed by atoms with van der Waals surface area (Å²) < 4.78 is 20.3. The molecule has 0 unspecified atom stereocenters. The van der Waals surface area contributed by atoms with E-state index in [0.29, 0.717) is 41.0 Å². The average Bonchev–Trinajstić information content (AvgIpc) is 2.71. The number of rotatable bonds is 3. The summed E-state index contributed by atoms with van der Waals surface area (Å²) in [5.41, 5.74) is 9.68. The minimum Gasteiger partial charge on any atom is -0.487 e. The highest BCUT2D eigenvalue weighted by molar-refractivity contribution is 6.30. The highest BCUT2D eigenvalue weighted by atomic mass is 35.5. The molecule has 3 aromatic rings. The first-order valence-electron chi connectivity index (χ1n) is 8.79. The number of fused-ring (bicyclic) bond motifs is 1. The first-order chi connectivity index (χ1) is 13.6. The summed E-state index contributed by atoms with van der Waals surface area (Å²) in [5, 5.41) is 3.66. The number of nitrogens with two attached hydrogens (primary N) is 1. The van der Waals surface area contributed by atoms with Crippen molar-refractivity contribution in [3.63, 3.8) is 0 Å². The molecule has 3 heterocycles. The lowest BCUT2D eigenvalue weighted by molar-refractivity contribution is 0.323. The molecule has 0 saturated carbocycles. The molecule has 1 aliphatic rings. The van der Waals surface area contributed by atoms with Crippen LogP contribution >= 0.6 is 11.6 Å². The fourth-order valence-electron chi connectivity index (χ4n) is 3.14. The normalized spacial score (nSPS) is 13.1. The van der Waals surface area contributed by atoms with Gasteiger partial charge in [-0.2, -0.15) is 0 Å². The van der Waals surface area contributed by atoms with E-state index in [1.54, 1.807) is 24.4 Å². The lowest BCUT2D eigenvalue weighted by atomic mass is 10.0. The van der Waals surface area contributed by atoms with Gasteiger partial charge in [-0.05, 0) is 55.1 Å². The third-order valence-electron chi connectivity index (χ3n) is 4.53. The number of aryl methyl sites for hydroxylation is 1. The van der Waals surface area contributed by atoms with Crippen LogP contribution in [-0.4, -0.2) is 23.1 Å². The zero-order valence-corrected chi connectivity index (χ0v) is 15.9. The molecule has 0 fully saturated rings. The topological polar surface area (TPSA) is 73.1 Å². The second-order valence-electron chi connectivity index (χ2n) is 6.39. The molecule has 7 heteroatoms. The van der Waals surface area contributed by atoms with Crippen LogP contribution in [0.4, 0.5) is 10.2 Å². The van der Waals surface area contributed by atoms with Gasteiger partial charge in [-0.25, -0.2) is 9.37 Å².